The van der Waals surface area contributed by atoms with Crippen LogP contribution in [0.15, 0.2) is 95.3 Å². The molecule has 0 saturated carbocycles. The summed E-state index contributed by atoms with van der Waals surface area (Å²) in [6.07, 6.45) is 0. The van der Waals surface area contributed by atoms with Crippen molar-refractivity contribution in [1.82, 2.24) is 14.8 Å². The molecule has 35 heavy (non-hydrogen) atoms. The second-order valence-electron chi connectivity index (χ2n) is 8.29. The molecular weight excluding hydrogens is 461 g/mol. The Morgan fingerprint density at radius 2 is 1.74 bits per heavy atom. The van der Waals surface area contributed by atoms with Crippen molar-refractivity contribution in [3.05, 3.63) is 113 Å². The number of rotatable bonds is 6. The fourth-order valence-electron chi connectivity index (χ4n) is 4.11. The van der Waals surface area contributed by atoms with E-state index in [1.165, 1.54) is 29.0 Å². The highest BCUT2D eigenvalue weighted by Gasteiger charge is 2.35. The smallest absolute Gasteiger partial charge is 0.255 e. The van der Waals surface area contributed by atoms with Gasteiger partial charge in [0.15, 0.2) is 0 Å². The van der Waals surface area contributed by atoms with Crippen LogP contribution in [0.4, 0.5) is 16.0 Å². The third-order valence-electron chi connectivity index (χ3n) is 5.93. The maximum absolute atomic E-state index is 15.0. The van der Waals surface area contributed by atoms with E-state index in [1.807, 2.05) is 42.5 Å². The van der Waals surface area contributed by atoms with E-state index in [4.69, 9.17) is 5.10 Å². The molecule has 6 nitrogen and oxygen atoms in total. The van der Waals surface area contributed by atoms with E-state index in [2.05, 4.69) is 34.7 Å². The molecular formula is C27H24FN5OS. The predicted molar refractivity (Wildman–Crippen MR) is 137 cm³/mol. The average Bonchev–Trinajstić information content (AvgIpc) is 3.26. The maximum atomic E-state index is 15.0. The molecule has 1 aromatic heterocycles. The van der Waals surface area contributed by atoms with Crippen molar-refractivity contribution >= 4 is 29.3 Å². The van der Waals surface area contributed by atoms with E-state index in [-0.39, 0.29) is 5.91 Å². The number of para-hydroxylation sites is 1. The highest BCUT2D eigenvalue weighted by Crippen LogP contribution is 2.38. The van der Waals surface area contributed by atoms with Gasteiger partial charge in [-0.3, -0.25) is 4.79 Å². The normalized spacial score (nSPS) is 14.9. The van der Waals surface area contributed by atoms with Crippen LogP contribution in [-0.4, -0.2) is 20.7 Å². The van der Waals surface area contributed by atoms with Gasteiger partial charge in [-0.05, 0) is 43.2 Å². The monoisotopic (exact) mass is 485 g/mol. The molecule has 3 aromatic carbocycles. The van der Waals surface area contributed by atoms with Gasteiger partial charge in [-0.1, -0.05) is 72.4 Å². The van der Waals surface area contributed by atoms with Crippen LogP contribution in [-0.2, 0) is 10.5 Å². The summed E-state index contributed by atoms with van der Waals surface area (Å²) in [5.41, 5.74) is 4.38. The second kappa shape index (κ2) is 9.76. The Morgan fingerprint density at radius 3 is 2.51 bits per heavy atom. The van der Waals surface area contributed by atoms with Crippen LogP contribution < -0.4 is 10.6 Å². The molecule has 1 aliphatic heterocycles. The zero-order valence-corrected chi connectivity index (χ0v) is 20.1. The number of benzene rings is 3. The zero-order chi connectivity index (χ0) is 24.4. The van der Waals surface area contributed by atoms with E-state index in [0.29, 0.717) is 39.4 Å². The fraction of sp³-hybridized carbons (Fsp3) is 0.148. The molecule has 0 fully saturated rings. The first-order chi connectivity index (χ1) is 17.0. The first-order valence-corrected chi connectivity index (χ1v) is 12.2. The minimum atomic E-state index is -0.767. The summed E-state index contributed by atoms with van der Waals surface area (Å²) in [7, 11) is 0. The Hall–Kier alpha value is -3.91. The lowest BCUT2D eigenvalue weighted by atomic mass is 9.94. The minimum absolute atomic E-state index is 0.329. The van der Waals surface area contributed by atoms with Crippen LogP contribution in [0.2, 0.25) is 0 Å². The number of halogens is 1. The van der Waals surface area contributed by atoms with Gasteiger partial charge in [0, 0.05) is 22.7 Å². The first-order valence-electron chi connectivity index (χ1n) is 11.2. The summed E-state index contributed by atoms with van der Waals surface area (Å²) in [6, 6.07) is 23.0. The molecule has 1 atom stereocenters. The van der Waals surface area contributed by atoms with Crippen LogP contribution in [0.5, 0.6) is 0 Å². The van der Waals surface area contributed by atoms with Gasteiger partial charge in [-0.2, -0.15) is 4.98 Å². The Balaban J connectivity index is 1.51. The van der Waals surface area contributed by atoms with Gasteiger partial charge < -0.3 is 10.6 Å². The molecule has 4 aromatic rings. The number of aromatic nitrogens is 3. The van der Waals surface area contributed by atoms with E-state index in [1.54, 1.807) is 29.8 Å². The number of hydrogen-bond donors (Lipinski definition) is 2. The lowest BCUT2D eigenvalue weighted by Crippen LogP contribution is -2.32. The predicted octanol–water partition coefficient (Wildman–Crippen LogP) is 5.95. The Kier molecular flexibility index (Phi) is 6.37. The van der Waals surface area contributed by atoms with Crippen molar-refractivity contribution in [2.75, 3.05) is 10.6 Å². The summed E-state index contributed by atoms with van der Waals surface area (Å²) >= 11 is 1.50. The molecule has 0 aliphatic carbocycles. The number of amides is 1. The van der Waals surface area contributed by atoms with Crippen molar-refractivity contribution < 1.29 is 9.18 Å². The van der Waals surface area contributed by atoms with Crippen molar-refractivity contribution in [3.8, 4) is 0 Å². The third-order valence-corrected chi connectivity index (χ3v) is 6.81. The van der Waals surface area contributed by atoms with Crippen LogP contribution in [0.3, 0.4) is 0 Å². The minimum Gasteiger partial charge on any atom is -0.328 e. The van der Waals surface area contributed by atoms with Gasteiger partial charge in [-0.15, -0.1) is 5.10 Å². The quantitative estimate of drug-likeness (QED) is 0.331. The highest BCUT2D eigenvalue weighted by atomic mass is 32.2. The molecule has 5 rings (SSSR count). The van der Waals surface area contributed by atoms with Gasteiger partial charge >= 0.3 is 0 Å². The molecule has 0 radical (unpaired) electrons. The SMILES string of the molecule is CC1=C(C(=O)Nc2ccccc2)[C@H](c2ccccc2F)n2nc(SCc3ccccc3C)nc2N1. The Bertz CT molecular complexity index is 1420. The van der Waals surface area contributed by atoms with Crippen LogP contribution in [0.25, 0.3) is 0 Å². The number of nitrogens with zero attached hydrogens (tertiary/aromatic N) is 3. The Labute approximate surface area is 207 Å². The number of carbonyl (C=O) groups excluding carboxylic acids is 1. The van der Waals surface area contributed by atoms with Gasteiger partial charge in [-0.25, -0.2) is 9.07 Å². The molecule has 176 valence electrons. The van der Waals surface area contributed by atoms with Crippen LogP contribution in [0, 0.1) is 12.7 Å². The molecule has 0 bridgehead atoms. The lowest BCUT2D eigenvalue weighted by molar-refractivity contribution is -0.113. The summed E-state index contributed by atoms with van der Waals surface area (Å²) in [6.45, 7) is 3.87. The maximum Gasteiger partial charge on any atom is 0.255 e. The van der Waals surface area contributed by atoms with E-state index < -0.39 is 11.9 Å². The number of anilines is 2. The second-order valence-corrected chi connectivity index (χ2v) is 9.23. The number of fused-ring (bicyclic) bond motifs is 1. The molecule has 1 aliphatic rings. The number of allylic oxidation sites excluding steroid dienone is 1. The largest absolute Gasteiger partial charge is 0.328 e. The van der Waals surface area contributed by atoms with Gasteiger partial charge in [0.2, 0.25) is 11.1 Å². The Morgan fingerprint density at radius 1 is 1.03 bits per heavy atom. The molecule has 2 heterocycles. The summed E-state index contributed by atoms with van der Waals surface area (Å²) in [5, 5.41) is 11.4. The molecule has 0 spiro atoms. The third kappa shape index (κ3) is 4.70. The number of hydrogen-bond acceptors (Lipinski definition) is 5. The summed E-state index contributed by atoms with van der Waals surface area (Å²) in [4.78, 5) is 18.1. The van der Waals surface area contributed by atoms with Crippen molar-refractivity contribution in [2.45, 2.75) is 30.8 Å². The van der Waals surface area contributed by atoms with Crippen LogP contribution in [0.1, 0.15) is 29.7 Å². The zero-order valence-electron chi connectivity index (χ0n) is 19.3. The average molecular weight is 486 g/mol. The number of thioether (sulfide) groups is 1. The standard InChI is InChI=1S/C27H24FN5OS/c1-17-10-6-7-11-19(17)16-35-27-31-26-29-18(2)23(25(34)30-20-12-4-3-5-13-20)24(33(26)32-27)21-14-8-9-15-22(21)28/h3-15,24H,16H2,1-2H3,(H,30,34)(H,29,31,32)/t24-/m0/s1. The van der Waals surface area contributed by atoms with Gasteiger partial charge in [0.1, 0.15) is 11.9 Å². The first kappa shape index (κ1) is 22.9. The van der Waals surface area contributed by atoms with E-state index in [0.717, 1.165) is 0 Å². The molecule has 2 N–H and O–H groups in total. The van der Waals surface area contributed by atoms with Crippen LogP contribution >= 0.6 is 11.8 Å². The lowest BCUT2D eigenvalue weighted by Gasteiger charge is -2.28. The topological polar surface area (TPSA) is 71.8 Å². The van der Waals surface area contributed by atoms with E-state index in [9.17, 15) is 4.79 Å². The summed E-state index contributed by atoms with van der Waals surface area (Å²) < 4.78 is 16.6. The molecule has 8 heteroatoms. The molecule has 1 amide bonds. The molecule has 0 unspecified atom stereocenters. The summed E-state index contributed by atoms with van der Waals surface area (Å²) in [5.74, 6) is 0.436. The van der Waals surface area contributed by atoms with Crippen molar-refractivity contribution in [2.24, 2.45) is 0 Å². The van der Waals surface area contributed by atoms with Crippen molar-refractivity contribution in [1.29, 1.82) is 0 Å². The number of nitrogens with one attached hydrogen (secondary N) is 2. The fourth-order valence-corrected chi connectivity index (χ4v) is 5.01. The molecule has 0 saturated heterocycles. The van der Waals surface area contributed by atoms with E-state index >= 15 is 4.39 Å². The van der Waals surface area contributed by atoms with Crippen molar-refractivity contribution in [3.63, 3.8) is 0 Å². The number of carbonyl (C=O) groups is 1. The van der Waals surface area contributed by atoms with Gasteiger partial charge in [0.25, 0.3) is 5.91 Å². The number of aryl methyl sites for hydroxylation is 1. The van der Waals surface area contributed by atoms with Gasteiger partial charge in [0.05, 0.1) is 5.57 Å². The highest BCUT2D eigenvalue weighted by molar-refractivity contribution is 7.98.